The van der Waals surface area contributed by atoms with Crippen LogP contribution in [0.25, 0.3) is 0 Å². The summed E-state index contributed by atoms with van der Waals surface area (Å²) in [5, 5.41) is 12.4. The van der Waals surface area contributed by atoms with Crippen LogP contribution in [-0.4, -0.2) is 12.2 Å². The third-order valence-electron chi connectivity index (χ3n) is 2.98. The molecule has 0 fully saturated rings. The van der Waals surface area contributed by atoms with Gasteiger partial charge in [0.25, 0.3) is 0 Å². The minimum atomic E-state index is -0.561. The maximum Gasteiger partial charge on any atom is 0.122 e. The van der Waals surface area contributed by atoms with E-state index < -0.39 is 6.10 Å². The van der Waals surface area contributed by atoms with Gasteiger partial charge in [-0.25, -0.2) is 0 Å². The fraction of sp³-hybridized carbons (Fsp3) is 0.286. The SMILES string of the molecule is COc1cc(C)c(C(O)c2csc(I)c2)cc1C. The molecule has 0 saturated heterocycles. The van der Waals surface area contributed by atoms with E-state index in [2.05, 4.69) is 22.6 Å². The molecule has 0 amide bonds. The third kappa shape index (κ3) is 2.70. The van der Waals surface area contributed by atoms with E-state index in [0.717, 1.165) is 28.0 Å². The van der Waals surface area contributed by atoms with Gasteiger partial charge in [-0.1, -0.05) is 0 Å². The number of aryl methyl sites for hydroxylation is 2. The summed E-state index contributed by atoms with van der Waals surface area (Å²) in [6.07, 6.45) is -0.561. The molecule has 1 aromatic heterocycles. The highest BCUT2D eigenvalue weighted by Crippen LogP contribution is 2.32. The Hall–Kier alpha value is -0.590. The largest absolute Gasteiger partial charge is 0.496 e. The highest BCUT2D eigenvalue weighted by molar-refractivity contribution is 14.1. The van der Waals surface area contributed by atoms with Crippen molar-refractivity contribution in [2.24, 2.45) is 0 Å². The molecule has 1 atom stereocenters. The molecular weight excluding hydrogens is 359 g/mol. The smallest absolute Gasteiger partial charge is 0.122 e. The molecule has 0 spiro atoms. The summed E-state index contributed by atoms with van der Waals surface area (Å²) < 4.78 is 6.47. The molecule has 18 heavy (non-hydrogen) atoms. The molecule has 0 bridgehead atoms. The van der Waals surface area contributed by atoms with Crippen LogP contribution in [0.15, 0.2) is 23.6 Å². The zero-order valence-electron chi connectivity index (χ0n) is 10.5. The van der Waals surface area contributed by atoms with E-state index in [0.29, 0.717) is 0 Å². The molecule has 2 aromatic rings. The van der Waals surface area contributed by atoms with Crippen molar-refractivity contribution < 1.29 is 9.84 Å². The second kappa shape index (κ2) is 5.59. The number of aliphatic hydroxyl groups excluding tert-OH is 1. The van der Waals surface area contributed by atoms with Crippen LogP contribution in [0.1, 0.15) is 28.4 Å². The molecular formula is C14H15IO2S. The number of ether oxygens (including phenoxy) is 1. The standard InChI is InChI=1S/C14H15IO2S/c1-8-5-12(17-3)9(2)4-11(8)14(16)10-6-13(15)18-7-10/h4-7,14,16H,1-3H3. The van der Waals surface area contributed by atoms with Gasteiger partial charge in [0, 0.05) is 0 Å². The molecule has 0 radical (unpaired) electrons. The van der Waals surface area contributed by atoms with Crippen molar-refractivity contribution in [1.29, 1.82) is 0 Å². The van der Waals surface area contributed by atoms with Gasteiger partial charge >= 0.3 is 0 Å². The second-order valence-electron chi connectivity index (χ2n) is 4.27. The number of thiophene rings is 1. The van der Waals surface area contributed by atoms with Crippen LogP contribution in [-0.2, 0) is 0 Å². The predicted molar refractivity (Wildman–Crippen MR) is 83.6 cm³/mol. The van der Waals surface area contributed by atoms with E-state index in [1.54, 1.807) is 18.4 Å². The Kier molecular flexibility index (Phi) is 4.29. The van der Waals surface area contributed by atoms with Crippen LogP contribution in [0.3, 0.4) is 0 Å². The average molecular weight is 374 g/mol. The maximum atomic E-state index is 10.4. The van der Waals surface area contributed by atoms with Crippen LogP contribution in [0, 0.1) is 16.7 Å². The zero-order chi connectivity index (χ0) is 13.3. The second-order valence-corrected chi connectivity index (χ2v) is 7.07. The molecule has 0 aliphatic carbocycles. The molecule has 1 N–H and O–H groups in total. The molecule has 0 aliphatic heterocycles. The topological polar surface area (TPSA) is 29.5 Å². The van der Waals surface area contributed by atoms with Crippen molar-refractivity contribution in [3.05, 3.63) is 48.7 Å². The summed E-state index contributed by atoms with van der Waals surface area (Å²) in [4.78, 5) is 0. The van der Waals surface area contributed by atoms with Crippen LogP contribution < -0.4 is 4.74 Å². The molecule has 0 saturated carbocycles. The minimum absolute atomic E-state index is 0.561. The molecule has 1 heterocycles. The molecule has 0 aliphatic rings. The summed E-state index contributed by atoms with van der Waals surface area (Å²) in [7, 11) is 1.67. The van der Waals surface area contributed by atoms with Gasteiger partial charge in [0.2, 0.25) is 0 Å². The number of hydrogen-bond donors (Lipinski definition) is 1. The fourth-order valence-corrected chi connectivity index (χ4v) is 3.36. The Morgan fingerprint density at radius 2 is 1.94 bits per heavy atom. The van der Waals surface area contributed by atoms with Crippen LogP contribution in [0.4, 0.5) is 0 Å². The summed E-state index contributed by atoms with van der Waals surface area (Å²) in [6, 6.07) is 6.00. The lowest BCUT2D eigenvalue weighted by atomic mass is 9.97. The molecule has 1 aromatic carbocycles. The van der Waals surface area contributed by atoms with Crippen molar-refractivity contribution in [3.8, 4) is 5.75 Å². The number of halogens is 1. The van der Waals surface area contributed by atoms with Gasteiger partial charge in [-0.15, -0.1) is 11.3 Å². The van der Waals surface area contributed by atoms with Gasteiger partial charge in [-0.05, 0) is 82.3 Å². The quantitative estimate of drug-likeness (QED) is 0.822. The summed E-state index contributed by atoms with van der Waals surface area (Å²) in [6.45, 7) is 3.99. The number of benzene rings is 1. The summed E-state index contributed by atoms with van der Waals surface area (Å²) >= 11 is 3.91. The van der Waals surface area contributed by atoms with Gasteiger partial charge in [0.1, 0.15) is 11.9 Å². The molecule has 1 unspecified atom stereocenters. The Morgan fingerprint density at radius 1 is 1.22 bits per heavy atom. The normalized spacial score (nSPS) is 12.5. The highest BCUT2D eigenvalue weighted by atomic mass is 127. The van der Waals surface area contributed by atoms with Gasteiger partial charge < -0.3 is 9.84 Å². The first-order valence-corrected chi connectivity index (χ1v) is 7.56. The minimum Gasteiger partial charge on any atom is -0.496 e. The van der Waals surface area contributed by atoms with Gasteiger partial charge in [0.15, 0.2) is 0 Å². The molecule has 4 heteroatoms. The maximum absolute atomic E-state index is 10.4. The fourth-order valence-electron chi connectivity index (χ4n) is 1.97. The summed E-state index contributed by atoms with van der Waals surface area (Å²) in [5.74, 6) is 0.864. The summed E-state index contributed by atoms with van der Waals surface area (Å²) in [5.41, 5.74) is 3.99. The van der Waals surface area contributed by atoms with E-state index in [1.165, 1.54) is 2.88 Å². The first-order valence-electron chi connectivity index (χ1n) is 5.60. The van der Waals surface area contributed by atoms with Crippen LogP contribution in [0.5, 0.6) is 5.75 Å². The van der Waals surface area contributed by atoms with E-state index in [1.807, 2.05) is 37.4 Å². The predicted octanol–water partition coefficient (Wildman–Crippen LogP) is 4.06. The van der Waals surface area contributed by atoms with Crippen molar-refractivity contribution in [2.45, 2.75) is 20.0 Å². The zero-order valence-corrected chi connectivity index (χ0v) is 13.5. The Morgan fingerprint density at radius 3 is 2.50 bits per heavy atom. The number of methoxy groups -OCH3 is 1. The average Bonchev–Trinajstić information content (AvgIpc) is 2.77. The lowest BCUT2D eigenvalue weighted by Crippen LogP contribution is -2.02. The van der Waals surface area contributed by atoms with Crippen molar-refractivity contribution in [3.63, 3.8) is 0 Å². The first-order chi connectivity index (χ1) is 8.52. The van der Waals surface area contributed by atoms with Gasteiger partial charge in [0.05, 0.1) is 9.99 Å². The van der Waals surface area contributed by atoms with Gasteiger partial charge in [-0.3, -0.25) is 0 Å². The van der Waals surface area contributed by atoms with E-state index >= 15 is 0 Å². The van der Waals surface area contributed by atoms with Crippen molar-refractivity contribution in [2.75, 3.05) is 7.11 Å². The highest BCUT2D eigenvalue weighted by Gasteiger charge is 2.16. The van der Waals surface area contributed by atoms with E-state index in [-0.39, 0.29) is 0 Å². The Bertz CT molecular complexity index is 563. The first kappa shape index (κ1) is 13.8. The lowest BCUT2D eigenvalue weighted by Gasteiger charge is -2.15. The van der Waals surface area contributed by atoms with Crippen LogP contribution in [0.2, 0.25) is 0 Å². The van der Waals surface area contributed by atoms with Crippen molar-refractivity contribution >= 4 is 33.9 Å². The number of aliphatic hydroxyl groups is 1. The third-order valence-corrected chi connectivity index (χ3v) is 4.79. The van der Waals surface area contributed by atoms with Gasteiger partial charge in [-0.2, -0.15) is 0 Å². The lowest BCUT2D eigenvalue weighted by molar-refractivity contribution is 0.220. The molecule has 2 nitrogen and oxygen atoms in total. The van der Waals surface area contributed by atoms with E-state index in [4.69, 9.17) is 4.74 Å². The monoisotopic (exact) mass is 374 g/mol. The molecule has 96 valence electrons. The van der Waals surface area contributed by atoms with E-state index in [9.17, 15) is 5.11 Å². The van der Waals surface area contributed by atoms with Crippen molar-refractivity contribution in [1.82, 2.24) is 0 Å². The Balaban J connectivity index is 2.42. The van der Waals surface area contributed by atoms with Crippen LogP contribution >= 0.6 is 33.9 Å². The number of rotatable bonds is 3. The Labute approximate surface area is 125 Å². The number of hydrogen-bond acceptors (Lipinski definition) is 3. The molecule has 2 rings (SSSR count).